The van der Waals surface area contributed by atoms with E-state index in [9.17, 15) is 18.0 Å². The van der Waals surface area contributed by atoms with Gasteiger partial charge in [0.25, 0.3) is 0 Å². The van der Waals surface area contributed by atoms with Gasteiger partial charge >= 0.3 is 12.2 Å². The van der Waals surface area contributed by atoms with Crippen molar-refractivity contribution in [1.82, 2.24) is 10.2 Å². The van der Waals surface area contributed by atoms with Crippen molar-refractivity contribution in [2.24, 2.45) is 5.41 Å². The maximum atomic E-state index is 12.9. The molecular weight excluding hydrogens is 301 g/mol. The highest BCUT2D eigenvalue weighted by Crippen LogP contribution is 2.43. The number of halogens is 3. The second kappa shape index (κ2) is 5.26. The van der Waals surface area contributed by atoms with Gasteiger partial charge in [0, 0.05) is 18.6 Å². The van der Waals surface area contributed by atoms with E-state index in [0.717, 1.165) is 50.9 Å². The number of hydrogen-bond acceptors (Lipinski definition) is 3. The number of carbonyl (C=O) groups is 1. The van der Waals surface area contributed by atoms with E-state index < -0.39 is 30.9 Å². The number of nitrogens with one attached hydrogen (secondary N) is 1. The third-order valence-corrected chi connectivity index (χ3v) is 5.28. The zero-order valence-corrected chi connectivity index (χ0v) is 12.5. The minimum atomic E-state index is -4.46. The van der Waals surface area contributed by atoms with Crippen LogP contribution in [0.4, 0.5) is 18.0 Å². The zero-order valence-electron chi connectivity index (χ0n) is 12.5. The lowest BCUT2D eigenvalue weighted by molar-refractivity contribution is -0.303. The molecule has 0 aromatic heterocycles. The quantitative estimate of drug-likeness (QED) is 0.845. The number of amides is 2. The predicted octanol–water partition coefficient (Wildman–Crippen LogP) is 1.92. The Morgan fingerprint density at radius 1 is 1.27 bits per heavy atom. The number of rotatable bonds is 2. The number of methoxy groups -OCH3 is 1. The molecule has 2 heterocycles. The molecule has 2 saturated heterocycles. The van der Waals surface area contributed by atoms with Gasteiger partial charge in [-0.3, -0.25) is 0 Å². The van der Waals surface area contributed by atoms with Crippen LogP contribution in [0.1, 0.15) is 25.7 Å². The molecule has 0 bridgehead atoms. The molecule has 0 aromatic carbocycles. The van der Waals surface area contributed by atoms with E-state index in [1.165, 1.54) is 0 Å². The van der Waals surface area contributed by atoms with Crippen LogP contribution in [-0.4, -0.2) is 62.2 Å². The molecule has 0 aromatic rings. The van der Waals surface area contributed by atoms with Crippen molar-refractivity contribution in [3.63, 3.8) is 0 Å². The second-order valence-corrected chi connectivity index (χ2v) is 6.77. The summed E-state index contributed by atoms with van der Waals surface area (Å²) in [4.78, 5) is 13.2. The van der Waals surface area contributed by atoms with Crippen molar-refractivity contribution in [2.45, 2.75) is 43.5 Å². The molecule has 5 nitrogen and oxygen atoms in total. The largest absolute Gasteiger partial charge is 0.420 e. The summed E-state index contributed by atoms with van der Waals surface area (Å²) in [7, 11) is 1.03. The molecule has 8 heteroatoms. The fraction of sp³-hybridized carbons (Fsp3) is 0.929. The van der Waals surface area contributed by atoms with E-state index in [2.05, 4.69) is 10.1 Å². The zero-order chi connectivity index (χ0) is 16.0. The number of hydrogen-bond donors (Lipinski definition) is 1. The standard InChI is InChI=1S/C14H21F3N2O3/c1-21-13(14(15,16)17)6-19(7-13)11(20)18-10-2-4-12(5-3-10)8-22-9-12/h10H,2-9H2,1H3,(H,18,20). The lowest BCUT2D eigenvalue weighted by Gasteiger charge is -2.50. The fourth-order valence-electron chi connectivity index (χ4n) is 3.46. The molecule has 3 fully saturated rings. The van der Waals surface area contributed by atoms with Crippen molar-refractivity contribution < 1.29 is 27.4 Å². The normalized spacial score (nSPS) is 27.2. The summed E-state index contributed by atoms with van der Waals surface area (Å²) in [6.45, 7) is 0.704. The molecule has 2 amide bonds. The minimum Gasteiger partial charge on any atom is -0.380 e. The van der Waals surface area contributed by atoms with Crippen molar-refractivity contribution in [3.05, 3.63) is 0 Å². The topological polar surface area (TPSA) is 50.8 Å². The summed E-state index contributed by atoms with van der Waals surface area (Å²) in [5.74, 6) is 0. The van der Waals surface area contributed by atoms with E-state index in [1.807, 2.05) is 0 Å². The second-order valence-electron chi connectivity index (χ2n) is 6.77. The smallest absolute Gasteiger partial charge is 0.380 e. The van der Waals surface area contributed by atoms with Crippen LogP contribution in [0.5, 0.6) is 0 Å². The van der Waals surface area contributed by atoms with Gasteiger partial charge in [0.15, 0.2) is 5.60 Å². The molecule has 1 saturated carbocycles. The lowest BCUT2D eigenvalue weighted by atomic mass is 9.71. The van der Waals surface area contributed by atoms with Gasteiger partial charge < -0.3 is 19.7 Å². The van der Waals surface area contributed by atoms with Gasteiger partial charge in [-0.2, -0.15) is 13.2 Å². The maximum Gasteiger partial charge on any atom is 0.420 e. The molecule has 1 spiro atoms. The van der Waals surface area contributed by atoms with E-state index in [1.54, 1.807) is 0 Å². The lowest BCUT2D eigenvalue weighted by Crippen LogP contribution is -2.72. The van der Waals surface area contributed by atoms with Crippen LogP contribution >= 0.6 is 0 Å². The van der Waals surface area contributed by atoms with E-state index in [0.29, 0.717) is 5.41 Å². The van der Waals surface area contributed by atoms with Crippen molar-refractivity contribution in [3.8, 4) is 0 Å². The monoisotopic (exact) mass is 322 g/mol. The van der Waals surface area contributed by atoms with Crippen molar-refractivity contribution >= 4 is 6.03 Å². The highest BCUT2D eigenvalue weighted by atomic mass is 19.4. The first-order valence-electron chi connectivity index (χ1n) is 7.54. The number of likely N-dealkylation sites (tertiary alicyclic amines) is 1. The van der Waals surface area contributed by atoms with Crippen LogP contribution < -0.4 is 5.32 Å². The Hall–Kier alpha value is -1.02. The number of ether oxygens (including phenoxy) is 2. The first kappa shape index (κ1) is 15.9. The molecule has 0 radical (unpaired) electrons. The molecule has 126 valence electrons. The molecular formula is C14H21F3N2O3. The highest BCUT2D eigenvalue weighted by Gasteiger charge is 2.63. The Morgan fingerprint density at radius 2 is 1.86 bits per heavy atom. The number of carbonyl (C=O) groups excluding carboxylic acids is 1. The van der Waals surface area contributed by atoms with Gasteiger partial charge in [-0.25, -0.2) is 4.79 Å². The van der Waals surface area contributed by atoms with Gasteiger partial charge in [-0.15, -0.1) is 0 Å². The SMILES string of the molecule is COC1(C(F)(F)F)CN(C(=O)NC2CCC3(CC2)COC3)C1. The summed E-state index contributed by atoms with van der Waals surface area (Å²) in [6.07, 6.45) is -0.736. The van der Waals surface area contributed by atoms with Gasteiger partial charge in [0.1, 0.15) is 0 Å². The summed E-state index contributed by atoms with van der Waals surface area (Å²) in [6, 6.07) is -0.384. The van der Waals surface area contributed by atoms with Crippen LogP contribution in [0.15, 0.2) is 0 Å². The molecule has 1 aliphatic carbocycles. The molecule has 1 N–H and O–H groups in total. The van der Waals surface area contributed by atoms with Gasteiger partial charge in [0.2, 0.25) is 0 Å². The highest BCUT2D eigenvalue weighted by molar-refractivity contribution is 5.76. The third-order valence-electron chi connectivity index (χ3n) is 5.28. The molecule has 2 aliphatic heterocycles. The third kappa shape index (κ3) is 2.56. The van der Waals surface area contributed by atoms with Gasteiger partial charge in [-0.05, 0) is 25.7 Å². The fourth-order valence-corrected chi connectivity index (χ4v) is 3.46. The van der Waals surface area contributed by atoms with Crippen LogP contribution in [0.2, 0.25) is 0 Å². The Bertz CT molecular complexity index is 435. The van der Waals surface area contributed by atoms with Gasteiger partial charge in [-0.1, -0.05) is 0 Å². The molecule has 0 unspecified atom stereocenters. The van der Waals surface area contributed by atoms with Gasteiger partial charge in [0.05, 0.1) is 26.3 Å². The van der Waals surface area contributed by atoms with E-state index in [4.69, 9.17) is 4.74 Å². The minimum absolute atomic E-state index is 0.0437. The summed E-state index contributed by atoms with van der Waals surface area (Å²) in [5, 5.41) is 2.84. The average Bonchev–Trinajstić information content (AvgIpc) is 2.35. The first-order valence-corrected chi connectivity index (χ1v) is 7.54. The van der Waals surface area contributed by atoms with Crippen molar-refractivity contribution in [1.29, 1.82) is 0 Å². The maximum absolute atomic E-state index is 12.9. The van der Waals surface area contributed by atoms with Crippen LogP contribution in [0.25, 0.3) is 0 Å². The Morgan fingerprint density at radius 3 is 2.27 bits per heavy atom. The molecule has 0 atom stereocenters. The van der Waals surface area contributed by atoms with Crippen LogP contribution in [0, 0.1) is 5.41 Å². The molecule has 3 aliphatic rings. The molecule has 3 rings (SSSR count). The van der Waals surface area contributed by atoms with Crippen LogP contribution in [-0.2, 0) is 9.47 Å². The Balaban J connectivity index is 1.46. The predicted molar refractivity (Wildman–Crippen MR) is 71.4 cm³/mol. The summed E-state index contributed by atoms with van der Waals surface area (Å²) in [5.41, 5.74) is -1.91. The average molecular weight is 322 g/mol. The number of urea groups is 1. The van der Waals surface area contributed by atoms with E-state index >= 15 is 0 Å². The van der Waals surface area contributed by atoms with E-state index in [-0.39, 0.29) is 6.04 Å². The molecule has 22 heavy (non-hydrogen) atoms. The van der Waals surface area contributed by atoms with Crippen molar-refractivity contribution in [2.75, 3.05) is 33.4 Å². The Labute approximate surface area is 127 Å². The Kier molecular flexibility index (Phi) is 3.79. The summed E-state index contributed by atoms with van der Waals surface area (Å²) >= 11 is 0. The number of alkyl halides is 3. The van der Waals surface area contributed by atoms with Crippen LogP contribution in [0.3, 0.4) is 0 Å². The first-order chi connectivity index (χ1) is 10.3. The summed E-state index contributed by atoms with van der Waals surface area (Å²) < 4.78 is 48.5. The number of nitrogens with zero attached hydrogens (tertiary/aromatic N) is 1.